The minimum Gasteiger partial charge on any atom is -0.477 e. The third-order valence-corrected chi connectivity index (χ3v) is 5.67. The molecule has 0 unspecified atom stereocenters. The van der Waals surface area contributed by atoms with E-state index in [4.69, 9.17) is 0 Å². The molecule has 29 heavy (non-hydrogen) atoms. The average Bonchev–Trinajstić information content (AvgIpc) is 2.69. The van der Waals surface area contributed by atoms with Gasteiger partial charge in [-0.2, -0.15) is 0 Å². The van der Waals surface area contributed by atoms with E-state index in [0.29, 0.717) is 16.3 Å². The van der Waals surface area contributed by atoms with Crippen molar-refractivity contribution >= 4 is 42.1 Å². The van der Waals surface area contributed by atoms with Gasteiger partial charge >= 0.3 is 17.9 Å². The van der Waals surface area contributed by atoms with Crippen molar-refractivity contribution in [3.8, 4) is 0 Å². The fourth-order valence-electron chi connectivity index (χ4n) is 2.35. The summed E-state index contributed by atoms with van der Waals surface area (Å²) in [7, 11) is -1.69. The van der Waals surface area contributed by atoms with Crippen molar-refractivity contribution in [1.82, 2.24) is 15.0 Å². The predicted molar refractivity (Wildman–Crippen MR) is 99.4 cm³/mol. The molecule has 148 valence electrons. The summed E-state index contributed by atoms with van der Waals surface area (Å²) in [6.45, 7) is 0. The first-order valence-corrected chi connectivity index (χ1v) is 9.12. The Morgan fingerprint density at radius 3 is 1.10 bits per heavy atom. The Morgan fingerprint density at radius 2 is 0.862 bits per heavy atom. The van der Waals surface area contributed by atoms with Crippen LogP contribution < -0.4 is 16.3 Å². The number of carboxylic acid groups (broad SMARTS) is 3. The number of aromatic nitrogens is 3. The van der Waals surface area contributed by atoms with E-state index in [-0.39, 0.29) is 57.0 Å². The molecular weight excluding hydrogens is 542 g/mol. The van der Waals surface area contributed by atoms with Crippen LogP contribution in [0.25, 0.3) is 0 Å². The van der Waals surface area contributed by atoms with Crippen molar-refractivity contribution in [3.63, 3.8) is 0 Å². The van der Waals surface area contributed by atoms with Crippen LogP contribution in [0.4, 0.5) is 0 Å². The van der Waals surface area contributed by atoms with E-state index in [0.717, 1.165) is 0 Å². The smallest absolute Gasteiger partial charge is 0.354 e. The van der Waals surface area contributed by atoms with Crippen molar-refractivity contribution in [2.45, 2.75) is 0 Å². The Bertz CT molecular complexity index is 958. The van der Waals surface area contributed by atoms with E-state index in [9.17, 15) is 29.7 Å². The normalized spacial score (nSPS) is 10.2. The molecule has 0 saturated carbocycles. The van der Waals surface area contributed by atoms with Gasteiger partial charge in [0.2, 0.25) is 0 Å². The Labute approximate surface area is 197 Å². The van der Waals surface area contributed by atoms with Crippen molar-refractivity contribution < 1.29 is 69.6 Å². The van der Waals surface area contributed by atoms with Crippen LogP contribution in [-0.2, 0) is 0 Å². The van der Waals surface area contributed by atoms with Gasteiger partial charge in [0, 0.05) is 47.9 Å². The topological polar surface area (TPSA) is 151 Å². The first kappa shape index (κ1) is 22.9. The second-order valence-electron chi connectivity index (χ2n) is 5.39. The Balaban J connectivity index is 0.00000300. The Hall–Kier alpha value is -2.39. The Kier molecular flexibility index (Phi) is 7.81. The number of pyridine rings is 3. The number of carboxylic acids is 3. The molecular formula is C18H12GdN3O6P. The summed E-state index contributed by atoms with van der Waals surface area (Å²) in [4.78, 5) is 46.3. The van der Waals surface area contributed by atoms with Gasteiger partial charge in [0.05, 0.1) is 16.3 Å². The zero-order chi connectivity index (χ0) is 20.3. The summed E-state index contributed by atoms with van der Waals surface area (Å²) in [6.07, 6.45) is 0. The quantitative estimate of drug-likeness (QED) is 0.375. The van der Waals surface area contributed by atoms with Gasteiger partial charge < -0.3 is 15.3 Å². The van der Waals surface area contributed by atoms with E-state index in [2.05, 4.69) is 15.0 Å². The van der Waals surface area contributed by atoms with Crippen LogP contribution in [0, 0.1) is 39.9 Å². The molecule has 11 heteroatoms. The molecule has 0 fully saturated rings. The molecule has 3 aromatic rings. The van der Waals surface area contributed by atoms with Crippen LogP contribution in [0.3, 0.4) is 0 Å². The molecule has 3 heterocycles. The van der Waals surface area contributed by atoms with Gasteiger partial charge in [-0.05, 0) is 36.4 Å². The molecule has 0 aliphatic carbocycles. The zero-order valence-electron chi connectivity index (χ0n) is 14.4. The monoisotopic (exact) mass is 555 g/mol. The van der Waals surface area contributed by atoms with Gasteiger partial charge in [-0.25, -0.2) is 29.3 Å². The number of hydrogen-bond acceptors (Lipinski definition) is 6. The van der Waals surface area contributed by atoms with Gasteiger partial charge in [0.15, 0.2) is 0 Å². The van der Waals surface area contributed by atoms with E-state index < -0.39 is 25.8 Å². The molecule has 0 aliphatic rings. The molecule has 0 aliphatic heterocycles. The van der Waals surface area contributed by atoms with Gasteiger partial charge in [-0.15, -0.1) is 0 Å². The van der Waals surface area contributed by atoms with Crippen LogP contribution in [0.15, 0.2) is 54.6 Å². The van der Waals surface area contributed by atoms with Gasteiger partial charge in [-0.1, -0.05) is 18.2 Å². The molecule has 9 nitrogen and oxygen atoms in total. The second kappa shape index (κ2) is 9.89. The first-order valence-electron chi connectivity index (χ1n) is 7.78. The summed E-state index contributed by atoms with van der Waals surface area (Å²) >= 11 is 0. The Morgan fingerprint density at radius 1 is 0.586 bits per heavy atom. The number of hydrogen-bond donors (Lipinski definition) is 3. The van der Waals surface area contributed by atoms with Crippen LogP contribution in [0.5, 0.6) is 0 Å². The van der Waals surface area contributed by atoms with E-state index in [1.807, 2.05) is 0 Å². The van der Waals surface area contributed by atoms with Crippen LogP contribution >= 0.6 is 7.92 Å². The molecule has 0 atom stereocenters. The molecule has 3 N–H and O–H groups in total. The molecule has 0 radical (unpaired) electrons. The number of carbonyl (C=O) groups is 3. The predicted octanol–water partition coefficient (Wildman–Crippen LogP) is 0.724. The van der Waals surface area contributed by atoms with E-state index >= 15 is 0 Å². The minimum absolute atomic E-state index is 0. The molecule has 0 aromatic carbocycles. The average molecular weight is 555 g/mol. The summed E-state index contributed by atoms with van der Waals surface area (Å²) in [6, 6.07) is 13.2. The SMILES string of the molecule is O=C(O)c1cccc(P(c2cccc(C(=O)O)n2)c2cccc(C(=O)O)n2)n1.[Gd]. The number of nitrogens with zero attached hydrogens (tertiary/aromatic N) is 3. The van der Waals surface area contributed by atoms with Crippen LogP contribution in [0.1, 0.15) is 31.5 Å². The minimum atomic E-state index is -1.69. The molecule has 3 rings (SSSR count). The van der Waals surface area contributed by atoms with Gasteiger partial charge in [0.25, 0.3) is 0 Å². The van der Waals surface area contributed by atoms with Crippen LogP contribution in [-0.4, -0.2) is 48.2 Å². The molecule has 0 saturated heterocycles. The number of aromatic carboxylic acids is 3. The largest absolute Gasteiger partial charge is 0.477 e. The molecule has 0 amide bonds. The fourth-order valence-corrected chi connectivity index (χ4v) is 4.39. The third kappa shape index (κ3) is 5.36. The van der Waals surface area contributed by atoms with Gasteiger partial charge in [-0.3, -0.25) is 0 Å². The maximum absolute atomic E-state index is 11.3. The zero-order valence-corrected chi connectivity index (χ0v) is 17.6. The summed E-state index contributed by atoms with van der Waals surface area (Å²) in [5, 5.41) is 27.7. The van der Waals surface area contributed by atoms with E-state index in [1.165, 1.54) is 36.4 Å². The summed E-state index contributed by atoms with van der Waals surface area (Å²) in [5.41, 5.74) is 0.316. The maximum Gasteiger partial charge on any atom is 0.354 e. The molecule has 0 bridgehead atoms. The second-order valence-corrected chi connectivity index (χ2v) is 7.44. The van der Waals surface area contributed by atoms with Crippen molar-refractivity contribution in [1.29, 1.82) is 0 Å². The van der Waals surface area contributed by atoms with Crippen LogP contribution in [0.2, 0.25) is 0 Å². The first-order chi connectivity index (χ1) is 13.4. The standard InChI is InChI=1S/C18H12N3O6P.Gd/c22-16(23)10-4-1-7-13(19-10)28(14-8-2-5-11(20-14)17(24)25)15-9-3-6-12(21-15)18(26)27;/h1-9H,(H,22,23)(H,24,25)(H,26,27);. The van der Waals surface area contributed by atoms with Gasteiger partial charge in [0.1, 0.15) is 17.1 Å². The van der Waals surface area contributed by atoms with Crippen molar-refractivity contribution in [3.05, 3.63) is 71.7 Å². The summed E-state index contributed by atoms with van der Waals surface area (Å²) < 4.78 is 0. The summed E-state index contributed by atoms with van der Waals surface area (Å²) in [5.74, 6) is -3.68. The fraction of sp³-hybridized carbons (Fsp3) is 0. The third-order valence-electron chi connectivity index (χ3n) is 3.55. The number of rotatable bonds is 6. The van der Waals surface area contributed by atoms with E-state index in [1.54, 1.807) is 18.2 Å². The van der Waals surface area contributed by atoms with Crippen molar-refractivity contribution in [2.75, 3.05) is 0 Å². The van der Waals surface area contributed by atoms with Crippen molar-refractivity contribution in [2.24, 2.45) is 0 Å². The molecule has 0 spiro atoms. The molecule has 3 aromatic heterocycles. The maximum atomic E-state index is 11.3.